The first kappa shape index (κ1) is 24.3. The number of carboxylic acid groups (broad SMARTS) is 1. The molecule has 0 unspecified atom stereocenters. The molecule has 0 fully saturated rings. The van der Waals surface area contributed by atoms with E-state index in [-0.39, 0.29) is 19.4 Å². The molecule has 0 saturated heterocycles. The van der Waals surface area contributed by atoms with Gasteiger partial charge in [0, 0.05) is 0 Å². The van der Waals surface area contributed by atoms with Crippen LogP contribution < -0.4 is 9.47 Å². The number of carbonyl (C=O) groups is 2. The minimum atomic E-state index is -1.01. The molecule has 0 saturated carbocycles. The lowest BCUT2D eigenvalue weighted by atomic mass is 10.0. The summed E-state index contributed by atoms with van der Waals surface area (Å²) in [6, 6.07) is 15.9. The maximum absolute atomic E-state index is 12.0. The lowest BCUT2D eigenvalue weighted by molar-refractivity contribution is -0.154. The van der Waals surface area contributed by atoms with Crippen molar-refractivity contribution in [3.63, 3.8) is 0 Å². The van der Waals surface area contributed by atoms with Crippen molar-refractivity contribution in [2.75, 3.05) is 13.7 Å². The summed E-state index contributed by atoms with van der Waals surface area (Å²) in [5.41, 5.74) is 2.29. The predicted molar refractivity (Wildman–Crippen MR) is 119 cm³/mol. The lowest BCUT2D eigenvalue weighted by Gasteiger charge is -2.21. The normalized spacial score (nSPS) is 11.7. The zero-order valence-electron chi connectivity index (χ0n) is 18.5. The first-order valence-electron chi connectivity index (χ1n) is 10.6. The Labute approximate surface area is 184 Å². The fourth-order valence-electron chi connectivity index (χ4n) is 3.23. The zero-order valence-corrected chi connectivity index (χ0v) is 18.5. The summed E-state index contributed by atoms with van der Waals surface area (Å²) in [7, 11) is 1.65. The standard InChI is InChI=1S/C25H32O6/c1-18(2)16-22(31-25(28)15-14-24(26)27)17-30-23-7-5-4-6-20(23)11-8-19-9-12-21(29-3)13-10-19/h4-7,9-10,12-13,18,22H,8,11,14-17H2,1-3H3,(H,26,27)/t22-/m0/s1. The molecule has 1 N–H and O–H groups in total. The molecule has 0 aliphatic rings. The van der Waals surface area contributed by atoms with Gasteiger partial charge in [-0.05, 0) is 54.5 Å². The van der Waals surface area contributed by atoms with E-state index >= 15 is 0 Å². The van der Waals surface area contributed by atoms with Crippen LogP contribution in [0.15, 0.2) is 48.5 Å². The molecule has 0 bridgehead atoms. The molecule has 1 atom stereocenters. The second-order valence-electron chi connectivity index (χ2n) is 7.90. The number of benzene rings is 2. The highest BCUT2D eigenvalue weighted by Gasteiger charge is 2.18. The topological polar surface area (TPSA) is 82.1 Å². The summed E-state index contributed by atoms with van der Waals surface area (Å²) in [6.07, 6.45) is 1.54. The summed E-state index contributed by atoms with van der Waals surface area (Å²) < 4.78 is 16.7. The van der Waals surface area contributed by atoms with Crippen LogP contribution in [-0.2, 0) is 27.2 Å². The molecule has 0 heterocycles. The van der Waals surface area contributed by atoms with Gasteiger partial charge in [-0.2, -0.15) is 0 Å². The zero-order chi connectivity index (χ0) is 22.6. The van der Waals surface area contributed by atoms with Gasteiger partial charge in [0.2, 0.25) is 0 Å². The van der Waals surface area contributed by atoms with Crippen molar-refractivity contribution in [3.05, 3.63) is 59.7 Å². The summed E-state index contributed by atoms with van der Waals surface area (Å²) >= 11 is 0. The summed E-state index contributed by atoms with van der Waals surface area (Å²) in [4.78, 5) is 22.6. The van der Waals surface area contributed by atoms with E-state index in [0.29, 0.717) is 12.3 Å². The van der Waals surface area contributed by atoms with E-state index in [0.717, 1.165) is 29.9 Å². The number of hydrogen-bond acceptors (Lipinski definition) is 5. The first-order valence-corrected chi connectivity index (χ1v) is 10.6. The molecule has 0 aliphatic carbocycles. The molecular formula is C25H32O6. The maximum atomic E-state index is 12.0. The van der Waals surface area contributed by atoms with Crippen LogP contribution in [0.5, 0.6) is 11.5 Å². The van der Waals surface area contributed by atoms with Crippen molar-refractivity contribution >= 4 is 11.9 Å². The molecule has 6 heteroatoms. The van der Waals surface area contributed by atoms with Gasteiger partial charge in [-0.25, -0.2) is 0 Å². The molecule has 2 aromatic rings. The predicted octanol–water partition coefficient (Wildman–Crippen LogP) is 4.68. The van der Waals surface area contributed by atoms with Gasteiger partial charge in [0.1, 0.15) is 24.2 Å². The van der Waals surface area contributed by atoms with Gasteiger partial charge in [0.15, 0.2) is 0 Å². The second-order valence-corrected chi connectivity index (χ2v) is 7.90. The van der Waals surface area contributed by atoms with Crippen LogP contribution in [0.2, 0.25) is 0 Å². The summed E-state index contributed by atoms with van der Waals surface area (Å²) in [6.45, 7) is 4.32. The van der Waals surface area contributed by atoms with E-state index in [1.165, 1.54) is 5.56 Å². The van der Waals surface area contributed by atoms with Crippen LogP contribution in [0.4, 0.5) is 0 Å². The largest absolute Gasteiger partial charge is 0.497 e. The molecule has 0 spiro atoms. The third-order valence-electron chi connectivity index (χ3n) is 4.81. The van der Waals surface area contributed by atoms with Crippen LogP contribution in [0.25, 0.3) is 0 Å². The van der Waals surface area contributed by atoms with Gasteiger partial charge in [-0.1, -0.05) is 44.2 Å². The minimum Gasteiger partial charge on any atom is -0.497 e. The molecule has 0 aromatic heterocycles. The molecule has 6 nitrogen and oxygen atoms in total. The number of carbonyl (C=O) groups excluding carboxylic acids is 1. The SMILES string of the molecule is COc1ccc(CCc2ccccc2OC[C@H](CC(C)C)OC(=O)CCC(=O)O)cc1. The van der Waals surface area contributed by atoms with Gasteiger partial charge in [-0.3, -0.25) is 9.59 Å². The quantitative estimate of drug-likeness (QED) is 0.467. The van der Waals surface area contributed by atoms with Gasteiger partial charge < -0.3 is 19.3 Å². The highest BCUT2D eigenvalue weighted by Crippen LogP contribution is 2.22. The van der Waals surface area contributed by atoms with Crippen molar-refractivity contribution in [1.29, 1.82) is 0 Å². The molecule has 0 radical (unpaired) electrons. The lowest BCUT2D eigenvalue weighted by Crippen LogP contribution is -2.27. The number of rotatable bonds is 13. The van der Waals surface area contributed by atoms with Crippen LogP contribution in [0.1, 0.15) is 44.2 Å². The van der Waals surface area contributed by atoms with Crippen molar-refractivity contribution < 1.29 is 28.9 Å². The van der Waals surface area contributed by atoms with Crippen LogP contribution >= 0.6 is 0 Å². The van der Waals surface area contributed by atoms with E-state index in [2.05, 4.69) is 12.1 Å². The molecule has 0 aliphatic heterocycles. The molecule has 0 amide bonds. The molecule has 2 aromatic carbocycles. The average Bonchev–Trinajstić information content (AvgIpc) is 2.75. The van der Waals surface area contributed by atoms with Crippen LogP contribution in [-0.4, -0.2) is 36.9 Å². The highest BCUT2D eigenvalue weighted by molar-refractivity contribution is 5.76. The van der Waals surface area contributed by atoms with E-state index < -0.39 is 18.0 Å². The Morgan fingerprint density at radius 1 is 0.968 bits per heavy atom. The van der Waals surface area contributed by atoms with Crippen molar-refractivity contribution in [3.8, 4) is 11.5 Å². The maximum Gasteiger partial charge on any atom is 0.306 e. The van der Waals surface area contributed by atoms with E-state index in [1.54, 1.807) is 7.11 Å². The number of aliphatic carboxylic acids is 1. The Kier molecular flexibility index (Phi) is 9.88. The van der Waals surface area contributed by atoms with E-state index in [1.807, 2.05) is 50.2 Å². The fourth-order valence-corrected chi connectivity index (χ4v) is 3.23. The third kappa shape index (κ3) is 9.11. The van der Waals surface area contributed by atoms with Crippen LogP contribution in [0, 0.1) is 5.92 Å². The minimum absolute atomic E-state index is 0.137. The Hall–Kier alpha value is -3.02. The fraction of sp³-hybridized carbons (Fsp3) is 0.440. The number of esters is 1. The molecule has 31 heavy (non-hydrogen) atoms. The summed E-state index contributed by atoms with van der Waals surface area (Å²) in [5.74, 6) is 0.392. The van der Waals surface area contributed by atoms with Gasteiger partial charge >= 0.3 is 11.9 Å². The van der Waals surface area contributed by atoms with Crippen molar-refractivity contribution in [1.82, 2.24) is 0 Å². The monoisotopic (exact) mass is 428 g/mol. The number of methoxy groups -OCH3 is 1. The first-order chi connectivity index (χ1) is 14.9. The second kappa shape index (κ2) is 12.6. The van der Waals surface area contributed by atoms with E-state index in [9.17, 15) is 9.59 Å². The number of carboxylic acids is 1. The van der Waals surface area contributed by atoms with Crippen molar-refractivity contribution in [2.45, 2.75) is 52.1 Å². The highest BCUT2D eigenvalue weighted by atomic mass is 16.6. The molecular weight excluding hydrogens is 396 g/mol. The third-order valence-corrected chi connectivity index (χ3v) is 4.81. The Morgan fingerprint density at radius 2 is 1.68 bits per heavy atom. The van der Waals surface area contributed by atoms with Crippen molar-refractivity contribution in [2.24, 2.45) is 5.92 Å². The number of aryl methyl sites for hydroxylation is 2. The Bertz CT molecular complexity index is 828. The smallest absolute Gasteiger partial charge is 0.306 e. The number of hydrogen-bond donors (Lipinski definition) is 1. The average molecular weight is 429 g/mol. The number of para-hydroxylation sites is 1. The summed E-state index contributed by atoms with van der Waals surface area (Å²) in [5, 5.41) is 8.74. The van der Waals surface area contributed by atoms with Gasteiger partial charge in [0.05, 0.1) is 20.0 Å². The Balaban J connectivity index is 1.96. The van der Waals surface area contributed by atoms with Crippen LogP contribution in [0.3, 0.4) is 0 Å². The molecule has 2 rings (SSSR count). The van der Waals surface area contributed by atoms with Gasteiger partial charge in [-0.15, -0.1) is 0 Å². The van der Waals surface area contributed by atoms with Gasteiger partial charge in [0.25, 0.3) is 0 Å². The number of ether oxygens (including phenoxy) is 3. The van der Waals surface area contributed by atoms with E-state index in [4.69, 9.17) is 19.3 Å². The Morgan fingerprint density at radius 3 is 2.32 bits per heavy atom. The molecule has 168 valence electrons.